The molecule has 0 aromatic heterocycles. The van der Waals surface area contributed by atoms with Gasteiger partial charge in [-0.1, -0.05) is 60.7 Å². The summed E-state index contributed by atoms with van der Waals surface area (Å²) in [6.07, 6.45) is 0.968. The number of nitrogens with zero attached hydrogens (tertiary/aromatic N) is 1. The van der Waals surface area contributed by atoms with Crippen molar-refractivity contribution in [3.8, 4) is 16.9 Å². The van der Waals surface area contributed by atoms with Gasteiger partial charge in [-0.3, -0.25) is 4.79 Å². The lowest BCUT2D eigenvalue weighted by molar-refractivity contribution is 0.103. The Balaban J connectivity index is 1.67. The molecule has 146 valence electrons. The van der Waals surface area contributed by atoms with E-state index in [0.717, 1.165) is 16.1 Å². The Bertz CT molecular complexity index is 1220. The molecule has 0 bridgehead atoms. The molecule has 0 amide bonds. The van der Waals surface area contributed by atoms with Crippen molar-refractivity contribution in [1.82, 2.24) is 4.72 Å². The fourth-order valence-corrected chi connectivity index (χ4v) is 4.10. The fourth-order valence-electron chi connectivity index (χ4n) is 3.04. The Morgan fingerprint density at radius 1 is 0.828 bits per heavy atom. The lowest BCUT2D eigenvalue weighted by Gasteiger charge is -2.16. The molecule has 4 rings (SSSR count). The van der Waals surface area contributed by atoms with Crippen LogP contribution in [-0.2, 0) is 10.2 Å². The molecule has 1 aliphatic heterocycles. The molecule has 3 N–H and O–H groups in total. The molecule has 0 saturated heterocycles. The van der Waals surface area contributed by atoms with Crippen molar-refractivity contribution in [2.75, 3.05) is 4.31 Å². The van der Waals surface area contributed by atoms with Crippen LogP contribution in [0.2, 0.25) is 0 Å². The van der Waals surface area contributed by atoms with Crippen molar-refractivity contribution < 1.29 is 23.4 Å². The maximum atomic E-state index is 12.5. The van der Waals surface area contributed by atoms with E-state index in [2.05, 4.69) is 0 Å². The summed E-state index contributed by atoms with van der Waals surface area (Å²) < 4.78 is 26.9. The highest BCUT2D eigenvalue weighted by atomic mass is 32.2. The monoisotopic (exact) mass is 408 g/mol. The zero-order valence-electron chi connectivity index (χ0n) is 15.0. The van der Waals surface area contributed by atoms with Gasteiger partial charge in [-0.15, -0.1) is 0 Å². The minimum atomic E-state index is -4.02. The molecule has 29 heavy (non-hydrogen) atoms. The van der Waals surface area contributed by atoms with Crippen molar-refractivity contribution in [2.45, 2.75) is 0 Å². The highest BCUT2D eigenvalue weighted by molar-refractivity contribution is 7.91. The van der Waals surface area contributed by atoms with Gasteiger partial charge in [0.1, 0.15) is 11.4 Å². The SMILES string of the molecule is O=C(c1ccccc1)c1ccc(-c2ccc(O)c(N3C=C(O)NS3(=O)=O)c2)cc1. The second-order valence-corrected chi connectivity index (χ2v) is 7.94. The Labute approximate surface area is 167 Å². The number of phenolic OH excluding ortho intramolecular Hbond substituents is 1. The number of nitrogens with one attached hydrogen (secondary N) is 1. The second kappa shape index (κ2) is 6.99. The lowest BCUT2D eigenvalue weighted by atomic mass is 9.99. The summed E-state index contributed by atoms with van der Waals surface area (Å²) in [4.78, 5) is 12.5. The summed E-state index contributed by atoms with van der Waals surface area (Å²) >= 11 is 0. The van der Waals surface area contributed by atoms with Crippen molar-refractivity contribution in [3.63, 3.8) is 0 Å². The summed E-state index contributed by atoms with van der Waals surface area (Å²) in [5.41, 5.74) is 2.47. The number of hydrogen-bond donors (Lipinski definition) is 3. The number of hydrogen-bond acceptors (Lipinski definition) is 5. The van der Waals surface area contributed by atoms with Crippen LogP contribution in [0.3, 0.4) is 0 Å². The summed E-state index contributed by atoms with van der Waals surface area (Å²) in [7, 11) is -4.02. The van der Waals surface area contributed by atoms with Crippen LogP contribution in [0.15, 0.2) is 84.9 Å². The van der Waals surface area contributed by atoms with Crippen LogP contribution in [0.25, 0.3) is 11.1 Å². The highest BCUT2D eigenvalue weighted by Gasteiger charge is 2.30. The molecule has 0 saturated carbocycles. The number of rotatable bonds is 4. The third-order valence-electron chi connectivity index (χ3n) is 4.46. The van der Waals surface area contributed by atoms with E-state index in [-0.39, 0.29) is 17.2 Å². The standard InChI is InChI=1S/C21H16N2O5S/c24-19-11-10-17(12-18(19)23-13-20(25)22-29(23,27)28)14-6-8-16(9-7-14)21(26)15-4-2-1-3-5-15/h1-13,22,24-25H. The van der Waals surface area contributed by atoms with Gasteiger partial charge in [0.25, 0.3) is 0 Å². The first kappa shape index (κ1) is 18.6. The average Bonchev–Trinajstić information content (AvgIpc) is 3.00. The molecule has 7 nitrogen and oxygen atoms in total. The van der Waals surface area contributed by atoms with E-state index < -0.39 is 16.1 Å². The number of benzene rings is 3. The van der Waals surface area contributed by atoms with Crippen LogP contribution in [0, 0.1) is 0 Å². The van der Waals surface area contributed by atoms with Gasteiger partial charge in [0, 0.05) is 11.1 Å². The second-order valence-electron chi connectivity index (χ2n) is 6.39. The highest BCUT2D eigenvalue weighted by Crippen LogP contribution is 2.35. The lowest BCUT2D eigenvalue weighted by Crippen LogP contribution is -2.29. The van der Waals surface area contributed by atoms with E-state index in [1.807, 2.05) is 10.8 Å². The van der Waals surface area contributed by atoms with Gasteiger partial charge in [-0.25, -0.2) is 9.03 Å². The van der Waals surface area contributed by atoms with E-state index in [9.17, 15) is 23.4 Å². The normalized spacial score (nSPS) is 14.9. The number of phenols is 1. The predicted octanol–water partition coefficient (Wildman–Crippen LogP) is 3.30. The van der Waals surface area contributed by atoms with Gasteiger partial charge in [-0.05, 0) is 23.3 Å². The zero-order valence-corrected chi connectivity index (χ0v) is 15.8. The van der Waals surface area contributed by atoms with Crippen molar-refractivity contribution >= 4 is 21.7 Å². The van der Waals surface area contributed by atoms with E-state index in [1.54, 1.807) is 54.6 Å². The van der Waals surface area contributed by atoms with Gasteiger partial charge in [0.15, 0.2) is 5.78 Å². The summed E-state index contributed by atoms with van der Waals surface area (Å²) in [6.45, 7) is 0. The van der Waals surface area contributed by atoms with E-state index >= 15 is 0 Å². The number of aliphatic hydroxyl groups is 1. The molecule has 8 heteroatoms. The first-order chi connectivity index (χ1) is 13.8. The quantitative estimate of drug-likeness (QED) is 0.574. The molecule has 0 spiro atoms. The Morgan fingerprint density at radius 2 is 1.45 bits per heavy atom. The van der Waals surface area contributed by atoms with Gasteiger partial charge in [0.05, 0.1) is 6.20 Å². The minimum Gasteiger partial charge on any atom is -0.506 e. The smallest absolute Gasteiger partial charge is 0.330 e. The van der Waals surface area contributed by atoms with Crippen molar-refractivity contribution in [1.29, 1.82) is 0 Å². The van der Waals surface area contributed by atoms with Crippen LogP contribution in [0.4, 0.5) is 5.69 Å². The molecule has 0 atom stereocenters. The number of carbonyl (C=O) groups is 1. The molecule has 1 aliphatic rings. The third-order valence-corrected chi connectivity index (χ3v) is 5.75. The Hall–Kier alpha value is -3.78. The van der Waals surface area contributed by atoms with E-state index in [0.29, 0.717) is 16.7 Å². The first-order valence-electron chi connectivity index (χ1n) is 8.61. The molecule has 3 aromatic carbocycles. The molecular weight excluding hydrogens is 392 g/mol. The summed E-state index contributed by atoms with van der Waals surface area (Å²) in [6, 6.07) is 20.3. The van der Waals surface area contributed by atoms with Crippen LogP contribution in [0.5, 0.6) is 5.75 Å². The molecule has 0 fully saturated rings. The Morgan fingerprint density at radius 3 is 2.07 bits per heavy atom. The molecule has 0 radical (unpaired) electrons. The number of aromatic hydroxyl groups is 1. The number of carbonyl (C=O) groups excluding carboxylic acids is 1. The zero-order chi connectivity index (χ0) is 20.6. The van der Waals surface area contributed by atoms with Gasteiger partial charge < -0.3 is 10.2 Å². The minimum absolute atomic E-state index is 0.0107. The molecule has 1 heterocycles. The average molecular weight is 408 g/mol. The van der Waals surface area contributed by atoms with Gasteiger partial charge in [-0.2, -0.15) is 8.42 Å². The van der Waals surface area contributed by atoms with Crippen LogP contribution < -0.4 is 9.03 Å². The maximum Gasteiger partial charge on any atom is 0.330 e. The van der Waals surface area contributed by atoms with Crippen LogP contribution >= 0.6 is 0 Å². The summed E-state index contributed by atoms with van der Waals surface area (Å²) in [5.74, 6) is -0.905. The fraction of sp³-hybridized carbons (Fsp3) is 0. The largest absolute Gasteiger partial charge is 0.506 e. The van der Waals surface area contributed by atoms with Crippen molar-refractivity contribution in [3.05, 3.63) is 96.0 Å². The Kier molecular flexibility index (Phi) is 4.48. The number of aliphatic hydroxyl groups excluding tert-OH is 1. The molecule has 0 aliphatic carbocycles. The van der Waals surface area contributed by atoms with Gasteiger partial charge in [0.2, 0.25) is 5.88 Å². The molecule has 3 aromatic rings. The number of anilines is 1. The van der Waals surface area contributed by atoms with Gasteiger partial charge >= 0.3 is 10.2 Å². The number of ketones is 1. The van der Waals surface area contributed by atoms with Crippen molar-refractivity contribution in [2.24, 2.45) is 0 Å². The van der Waals surface area contributed by atoms with E-state index in [4.69, 9.17) is 0 Å². The van der Waals surface area contributed by atoms with Crippen LogP contribution in [0.1, 0.15) is 15.9 Å². The first-order valence-corrected chi connectivity index (χ1v) is 10.1. The van der Waals surface area contributed by atoms with E-state index in [1.165, 1.54) is 12.1 Å². The van der Waals surface area contributed by atoms with Crippen LogP contribution in [-0.4, -0.2) is 24.4 Å². The predicted molar refractivity (Wildman–Crippen MR) is 109 cm³/mol. The topological polar surface area (TPSA) is 107 Å². The summed E-state index contributed by atoms with van der Waals surface area (Å²) in [5, 5.41) is 19.6. The molecular formula is C21H16N2O5S. The third kappa shape index (κ3) is 3.53. The molecule has 0 unspecified atom stereocenters. The maximum absolute atomic E-state index is 12.5.